The van der Waals surface area contributed by atoms with Crippen LogP contribution in [-0.2, 0) is 32.6 Å². The van der Waals surface area contributed by atoms with Crippen LogP contribution in [0.4, 0.5) is 5.69 Å². The lowest BCUT2D eigenvalue weighted by atomic mass is 10.0. The molecule has 0 saturated heterocycles. The predicted molar refractivity (Wildman–Crippen MR) is 188 cm³/mol. The number of aryl methyl sites for hydroxylation is 1. The molecule has 0 spiro atoms. The number of methoxy groups -OCH3 is 1. The van der Waals surface area contributed by atoms with Gasteiger partial charge in [0, 0.05) is 28.5 Å². The molecule has 0 aromatic heterocycles. The minimum absolute atomic E-state index is 0.0260. The Bertz CT molecular complexity index is 1810. The smallest absolute Gasteiger partial charge is 0.264 e. The molecular formula is C36H39Cl2N3O5S. The van der Waals surface area contributed by atoms with Crippen LogP contribution >= 0.6 is 23.2 Å². The van der Waals surface area contributed by atoms with E-state index in [0.29, 0.717) is 10.6 Å². The Labute approximate surface area is 287 Å². The Balaban J connectivity index is 1.88. The summed E-state index contributed by atoms with van der Waals surface area (Å²) in [7, 11) is -2.94. The number of nitrogens with one attached hydrogen (secondary N) is 1. The molecule has 0 bridgehead atoms. The number of ether oxygens (including phenoxy) is 1. The van der Waals surface area contributed by atoms with Crippen LogP contribution in [0.2, 0.25) is 10.0 Å². The average molecular weight is 697 g/mol. The Hall–Kier alpha value is -4.05. The number of sulfonamides is 1. The number of hydrogen-bond donors (Lipinski definition) is 1. The molecule has 248 valence electrons. The lowest BCUT2D eigenvalue weighted by Gasteiger charge is -2.35. The summed E-state index contributed by atoms with van der Waals surface area (Å²) >= 11 is 12.9. The molecule has 0 aliphatic heterocycles. The molecule has 0 aliphatic rings. The zero-order chi connectivity index (χ0) is 34.4. The van der Waals surface area contributed by atoms with Crippen molar-refractivity contribution in [3.63, 3.8) is 0 Å². The van der Waals surface area contributed by atoms with Crippen molar-refractivity contribution in [3.05, 3.63) is 124 Å². The number of halogens is 2. The Kier molecular flexibility index (Phi) is 11.6. The summed E-state index contributed by atoms with van der Waals surface area (Å²) in [5.74, 6) is -0.829. The Morgan fingerprint density at radius 2 is 1.53 bits per heavy atom. The molecule has 0 saturated carbocycles. The van der Waals surface area contributed by atoms with Crippen molar-refractivity contribution in [2.45, 2.75) is 57.1 Å². The van der Waals surface area contributed by atoms with Gasteiger partial charge in [-0.3, -0.25) is 13.9 Å². The lowest BCUT2D eigenvalue weighted by molar-refractivity contribution is -0.140. The number of amides is 2. The van der Waals surface area contributed by atoms with Gasteiger partial charge < -0.3 is 15.0 Å². The van der Waals surface area contributed by atoms with Gasteiger partial charge in [0.25, 0.3) is 10.0 Å². The van der Waals surface area contributed by atoms with Crippen LogP contribution in [0.5, 0.6) is 5.75 Å². The third kappa shape index (κ3) is 9.28. The van der Waals surface area contributed by atoms with Crippen molar-refractivity contribution in [1.82, 2.24) is 10.2 Å². The first-order chi connectivity index (χ1) is 22.2. The largest absolute Gasteiger partial charge is 0.495 e. The average Bonchev–Trinajstić information content (AvgIpc) is 3.02. The first kappa shape index (κ1) is 35.8. The molecule has 4 aromatic rings. The first-order valence-corrected chi connectivity index (χ1v) is 17.2. The summed E-state index contributed by atoms with van der Waals surface area (Å²) in [6.07, 6.45) is 0.171. The van der Waals surface area contributed by atoms with E-state index in [-0.39, 0.29) is 34.3 Å². The third-order valence-corrected chi connectivity index (χ3v) is 9.74. The van der Waals surface area contributed by atoms with Crippen molar-refractivity contribution < 1.29 is 22.7 Å². The van der Waals surface area contributed by atoms with Crippen molar-refractivity contribution in [2.75, 3.05) is 18.0 Å². The van der Waals surface area contributed by atoms with E-state index in [9.17, 15) is 18.0 Å². The van der Waals surface area contributed by atoms with E-state index in [4.69, 9.17) is 27.9 Å². The van der Waals surface area contributed by atoms with Crippen LogP contribution in [0.1, 0.15) is 37.5 Å². The van der Waals surface area contributed by atoms with Gasteiger partial charge in [0.15, 0.2) is 0 Å². The summed E-state index contributed by atoms with van der Waals surface area (Å²) in [5.41, 5.74) is 1.74. The second-order valence-electron chi connectivity index (χ2n) is 12.2. The highest BCUT2D eigenvalue weighted by Gasteiger charge is 2.36. The molecule has 0 aliphatic carbocycles. The standard InChI is InChI=1S/C36H39Cl2N3O5S/c1-25-15-18-29(19-16-25)47(44,45)41(31-22-28(37)17-20-33(31)46-5)24-34(42)40(23-27-13-9-10-14-30(27)38)32(35(43)39-36(2,3)4)21-26-11-7-6-8-12-26/h6-20,22,32H,21,23-24H2,1-5H3,(H,39,43). The summed E-state index contributed by atoms with van der Waals surface area (Å²) < 4.78 is 35.2. The highest BCUT2D eigenvalue weighted by Crippen LogP contribution is 2.35. The number of rotatable bonds is 12. The summed E-state index contributed by atoms with van der Waals surface area (Å²) in [5, 5.41) is 3.66. The van der Waals surface area contributed by atoms with Gasteiger partial charge in [-0.2, -0.15) is 0 Å². The van der Waals surface area contributed by atoms with Crippen molar-refractivity contribution in [1.29, 1.82) is 0 Å². The minimum Gasteiger partial charge on any atom is -0.495 e. The molecule has 4 rings (SSSR count). The van der Waals surface area contributed by atoms with Gasteiger partial charge in [-0.1, -0.05) is 89.4 Å². The molecule has 8 nitrogen and oxygen atoms in total. The maximum Gasteiger partial charge on any atom is 0.264 e. The molecule has 0 radical (unpaired) electrons. The van der Waals surface area contributed by atoms with Gasteiger partial charge in [0.05, 0.1) is 17.7 Å². The highest BCUT2D eigenvalue weighted by molar-refractivity contribution is 7.92. The van der Waals surface area contributed by atoms with Crippen LogP contribution in [0, 0.1) is 6.92 Å². The van der Waals surface area contributed by atoms with Gasteiger partial charge in [0.2, 0.25) is 11.8 Å². The van der Waals surface area contributed by atoms with Gasteiger partial charge in [-0.05, 0) is 75.2 Å². The van der Waals surface area contributed by atoms with E-state index in [1.165, 1.54) is 36.3 Å². The zero-order valence-electron chi connectivity index (χ0n) is 27.0. The second kappa shape index (κ2) is 15.2. The fourth-order valence-electron chi connectivity index (χ4n) is 5.03. The van der Waals surface area contributed by atoms with Crippen LogP contribution < -0.4 is 14.4 Å². The quantitative estimate of drug-likeness (QED) is 0.171. The molecule has 0 heterocycles. The number of benzene rings is 4. The predicted octanol–water partition coefficient (Wildman–Crippen LogP) is 7.06. The number of anilines is 1. The molecule has 1 N–H and O–H groups in total. The second-order valence-corrected chi connectivity index (χ2v) is 14.9. The van der Waals surface area contributed by atoms with E-state index in [1.807, 2.05) is 58.0 Å². The first-order valence-electron chi connectivity index (χ1n) is 15.0. The number of hydrogen-bond acceptors (Lipinski definition) is 5. The van der Waals surface area contributed by atoms with Crippen LogP contribution in [0.15, 0.2) is 102 Å². The number of carbonyl (C=O) groups is 2. The Morgan fingerprint density at radius 1 is 0.894 bits per heavy atom. The van der Waals surface area contributed by atoms with Crippen molar-refractivity contribution in [3.8, 4) is 5.75 Å². The van der Waals surface area contributed by atoms with Gasteiger partial charge >= 0.3 is 0 Å². The van der Waals surface area contributed by atoms with E-state index >= 15 is 0 Å². The molecule has 0 fully saturated rings. The molecular weight excluding hydrogens is 657 g/mol. The van der Waals surface area contributed by atoms with Gasteiger partial charge in [-0.25, -0.2) is 8.42 Å². The van der Waals surface area contributed by atoms with E-state index < -0.39 is 40.0 Å². The van der Waals surface area contributed by atoms with Crippen molar-refractivity contribution >= 4 is 50.7 Å². The monoisotopic (exact) mass is 695 g/mol. The molecule has 47 heavy (non-hydrogen) atoms. The van der Waals surface area contributed by atoms with Gasteiger partial charge in [0.1, 0.15) is 18.3 Å². The van der Waals surface area contributed by atoms with Crippen LogP contribution in [0.3, 0.4) is 0 Å². The fourth-order valence-corrected chi connectivity index (χ4v) is 6.80. The normalized spacial score (nSPS) is 12.2. The van der Waals surface area contributed by atoms with Crippen LogP contribution in [-0.4, -0.2) is 50.4 Å². The zero-order valence-corrected chi connectivity index (χ0v) is 29.4. The molecule has 4 aromatic carbocycles. The molecule has 1 unspecified atom stereocenters. The summed E-state index contributed by atoms with van der Waals surface area (Å²) in [6, 6.07) is 26.2. The maximum atomic E-state index is 14.7. The third-order valence-electron chi connectivity index (χ3n) is 7.37. The topological polar surface area (TPSA) is 96.0 Å². The SMILES string of the molecule is COc1ccc(Cl)cc1N(CC(=O)N(Cc1ccccc1Cl)C(Cc1ccccc1)C(=O)NC(C)(C)C)S(=O)(=O)c1ccc(C)cc1. The summed E-state index contributed by atoms with van der Waals surface area (Å²) in [6.45, 7) is 6.69. The lowest BCUT2D eigenvalue weighted by Crippen LogP contribution is -2.56. The van der Waals surface area contributed by atoms with E-state index in [0.717, 1.165) is 15.4 Å². The van der Waals surface area contributed by atoms with Gasteiger partial charge in [-0.15, -0.1) is 0 Å². The Morgan fingerprint density at radius 3 is 2.15 bits per heavy atom. The molecule has 1 atom stereocenters. The number of carbonyl (C=O) groups excluding carboxylic acids is 2. The van der Waals surface area contributed by atoms with E-state index in [2.05, 4.69) is 5.32 Å². The summed E-state index contributed by atoms with van der Waals surface area (Å²) in [4.78, 5) is 30.1. The molecule has 11 heteroatoms. The fraction of sp³-hybridized carbons (Fsp3) is 0.278. The van der Waals surface area contributed by atoms with E-state index in [1.54, 1.807) is 42.5 Å². The number of nitrogens with zero attached hydrogens (tertiary/aromatic N) is 2. The highest BCUT2D eigenvalue weighted by atomic mass is 35.5. The minimum atomic E-state index is -4.34. The van der Waals surface area contributed by atoms with Crippen LogP contribution in [0.25, 0.3) is 0 Å². The molecule has 2 amide bonds. The maximum absolute atomic E-state index is 14.7. The van der Waals surface area contributed by atoms with Crippen molar-refractivity contribution in [2.24, 2.45) is 0 Å².